The molecule has 0 spiro atoms. The van der Waals surface area contributed by atoms with Crippen molar-refractivity contribution < 1.29 is 17.9 Å². The molecule has 0 radical (unpaired) electrons. The molecular formula is C14H18F3NO. The van der Waals surface area contributed by atoms with Crippen molar-refractivity contribution in [2.75, 3.05) is 0 Å². The van der Waals surface area contributed by atoms with Crippen LogP contribution in [0.2, 0.25) is 0 Å². The number of rotatable bonds is 3. The molecule has 5 heteroatoms. The lowest BCUT2D eigenvalue weighted by atomic mass is 9.99. The molecule has 0 aliphatic carbocycles. The molecule has 1 saturated heterocycles. The van der Waals surface area contributed by atoms with Crippen LogP contribution in [-0.4, -0.2) is 18.2 Å². The molecule has 0 aromatic heterocycles. The normalized spacial score (nSPS) is 25.5. The molecule has 1 aliphatic rings. The minimum absolute atomic E-state index is 0.0114. The van der Waals surface area contributed by atoms with Gasteiger partial charge in [-0.25, -0.2) is 0 Å². The number of halogens is 3. The SMILES string of the molecule is CC1CCC(C(N)Cc2ccc(C(F)(F)F)cc2)O1. The Kier molecular flexibility index (Phi) is 4.16. The maximum atomic E-state index is 12.4. The maximum Gasteiger partial charge on any atom is 0.416 e. The Balaban J connectivity index is 1.96. The first-order valence-electron chi connectivity index (χ1n) is 6.43. The lowest BCUT2D eigenvalue weighted by Gasteiger charge is -2.19. The molecular weight excluding hydrogens is 255 g/mol. The highest BCUT2D eigenvalue weighted by Crippen LogP contribution is 2.29. The van der Waals surface area contributed by atoms with Gasteiger partial charge in [-0.05, 0) is 43.9 Å². The van der Waals surface area contributed by atoms with E-state index in [0.29, 0.717) is 6.42 Å². The van der Waals surface area contributed by atoms with Crippen molar-refractivity contribution in [2.24, 2.45) is 5.73 Å². The molecule has 3 atom stereocenters. The van der Waals surface area contributed by atoms with Gasteiger partial charge in [0.15, 0.2) is 0 Å². The van der Waals surface area contributed by atoms with Crippen molar-refractivity contribution in [3.8, 4) is 0 Å². The quantitative estimate of drug-likeness (QED) is 0.918. The Morgan fingerprint density at radius 3 is 2.37 bits per heavy atom. The lowest BCUT2D eigenvalue weighted by Crippen LogP contribution is -2.36. The fourth-order valence-electron chi connectivity index (χ4n) is 2.38. The molecule has 2 nitrogen and oxygen atoms in total. The third kappa shape index (κ3) is 3.70. The highest BCUT2D eigenvalue weighted by molar-refractivity contribution is 5.25. The maximum absolute atomic E-state index is 12.4. The van der Waals surface area contributed by atoms with Crippen molar-refractivity contribution in [1.29, 1.82) is 0 Å². The second-order valence-electron chi connectivity index (χ2n) is 5.13. The molecule has 0 saturated carbocycles. The van der Waals surface area contributed by atoms with Gasteiger partial charge in [0.2, 0.25) is 0 Å². The summed E-state index contributed by atoms with van der Waals surface area (Å²) in [5.74, 6) is 0. The zero-order valence-electron chi connectivity index (χ0n) is 10.8. The zero-order valence-corrected chi connectivity index (χ0v) is 10.8. The van der Waals surface area contributed by atoms with Gasteiger partial charge in [0.25, 0.3) is 0 Å². The van der Waals surface area contributed by atoms with Crippen LogP contribution in [0.3, 0.4) is 0 Å². The molecule has 19 heavy (non-hydrogen) atoms. The fourth-order valence-corrected chi connectivity index (χ4v) is 2.38. The Hall–Kier alpha value is -1.07. The Bertz CT molecular complexity index is 416. The van der Waals surface area contributed by atoms with Crippen molar-refractivity contribution in [2.45, 2.75) is 50.6 Å². The van der Waals surface area contributed by atoms with Gasteiger partial charge in [-0.15, -0.1) is 0 Å². The van der Waals surface area contributed by atoms with E-state index in [1.54, 1.807) is 0 Å². The molecule has 1 aliphatic heterocycles. The standard InChI is InChI=1S/C14H18F3NO/c1-9-2-7-13(19-9)12(18)8-10-3-5-11(6-4-10)14(15,16)17/h3-6,9,12-13H,2,7-8,18H2,1H3. The summed E-state index contributed by atoms with van der Waals surface area (Å²) in [5, 5.41) is 0. The van der Waals surface area contributed by atoms with E-state index < -0.39 is 11.7 Å². The molecule has 1 heterocycles. The molecule has 1 aromatic rings. The summed E-state index contributed by atoms with van der Waals surface area (Å²) in [4.78, 5) is 0. The third-order valence-corrected chi connectivity index (χ3v) is 3.50. The van der Waals surface area contributed by atoms with Crippen LogP contribution >= 0.6 is 0 Å². The molecule has 0 bridgehead atoms. The minimum atomic E-state index is -4.29. The third-order valence-electron chi connectivity index (χ3n) is 3.50. The van der Waals surface area contributed by atoms with E-state index in [2.05, 4.69) is 0 Å². The smallest absolute Gasteiger partial charge is 0.374 e. The van der Waals surface area contributed by atoms with Crippen LogP contribution in [0, 0.1) is 0 Å². The summed E-state index contributed by atoms with van der Waals surface area (Å²) in [6.45, 7) is 2.00. The summed E-state index contributed by atoms with van der Waals surface area (Å²) in [5.41, 5.74) is 6.23. The second kappa shape index (κ2) is 5.51. The van der Waals surface area contributed by atoms with Crippen LogP contribution in [0.1, 0.15) is 30.9 Å². The Labute approximate surface area is 110 Å². The monoisotopic (exact) mass is 273 g/mol. The molecule has 3 unspecified atom stereocenters. The Morgan fingerprint density at radius 2 is 1.89 bits per heavy atom. The average Bonchev–Trinajstić information content (AvgIpc) is 2.75. The fraction of sp³-hybridized carbons (Fsp3) is 0.571. The van der Waals surface area contributed by atoms with Crippen molar-refractivity contribution in [3.63, 3.8) is 0 Å². The van der Waals surface area contributed by atoms with Crippen LogP contribution in [0.25, 0.3) is 0 Å². The summed E-state index contributed by atoms with van der Waals surface area (Å²) in [6.07, 6.45) is -1.60. The zero-order chi connectivity index (χ0) is 14.0. The van der Waals surface area contributed by atoms with E-state index in [1.165, 1.54) is 12.1 Å². The summed E-state index contributed by atoms with van der Waals surface area (Å²) in [7, 11) is 0. The van der Waals surface area contributed by atoms with E-state index in [-0.39, 0.29) is 18.2 Å². The highest BCUT2D eigenvalue weighted by Gasteiger charge is 2.30. The molecule has 1 aromatic carbocycles. The number of ether oxygens (including phenoxy) is 1. The molecule has 106 valence electrons. The summed E-state index contributed by atoms with van der Waals surface area (Å²) >= 11 is 0. The number of benzene rings is 1. The number of hydrogen-bond acceptors (Lipinski definition) is 2. The van der Waals surface area contributed by atoms with Gasteiger partial charge in [-0.3, -0.25) is 0 Å². The van der Waals surface area contributed by atoms with E-state index >= 15 is 0 Å². The molecule has 2 rings (SSSR count). The summed E-state index contributed by atoms with van der Waals surface area (Å²) < 4.78 is 42.9. The Morgan fingerprint density at radius 1 is 1.26 bits per heavy atom. The number of hydrogen-bond donors (Lipinski definition) is 1. The predicted molar refractivity (Wildman–Crippen MR) is 66.7 cm³/mol. The minimum Gasteiger partial charge on any atom is -0.374 e. The van der Waals surface area contributed by atoms with Gasteiger partial charge in [0.1, 0.15) is 0 Å². The van der Waals surface area contributed by atoms with Crippen LogP contribution in [0.4, 0.5) is 13.2 Å². The summed E-state index contributed by atoms with van der Waals surface area (Å²) in [6, 6.07) is 5.00. The predicted octanol–water partition coefficient (Wildman–Crippen LogP) is 3.14. The van der Waals surface area contributed by atoms with Gasteiger partial charge < -0.3 is 10.5 Å². The van der Waals surface area contributed by atoms with Crippen molar-refractivity contribution >= 4 is 0 Å². The molecule has 0 amide bonds. The van der Waals surface area contributed by atoms with E-state index in [0.717, 1.165) is 30.5 Å². The van der Waals surface area contributed by atoms with E-state index in [9.17, 15) is 13.2 Å². The van der Waals surface area contributed by atoms with Crippen molar-refractivity contribution in [3.05, 3.63) is 35.4 Å². The van der Waals surface area contributed by atoms with Gasteiger partial charge in [-0.1, -0.05) is 12.1 Å². The first-order chi connectivity index (χ1) is 8.86. The lowest BCUT2D eigenvalue weighted by molar-refractivity contribution is -0.137. The molecule has 2 N–H and O–H groups in total. The second-order valence-corrected chi connectivity index (χ2v) is 5.13. The number of alkyl halides is 3. The van der Waals surface area contributed by atoms with Crippen LogP contribution in [0.5, 0.6) is 0 Å². The van der Waals surface area contributed by atoms with Gasteiger partial charge in [0, 0.05) is 6.04 Å². The van der Waals surface area contributed by atoms with E-state index in [1.807, 2.05) is 6.92 Å². The average molecular weight is 273 g/mol. The topological polar surface area (TPSA) is 35.2 Å². The van der Waals surface area contributed by atoms with Crippen LogP contribution in [0.15, 0.2) is 24.3 Å². The van der Waals surface area contributed by atoms with Gasteiger partial charge >= 0.3 is 6.18 Å². The van der Waals surface area contributed by atoms with Crippen LogP contribution < -0.4 is 5.73 Å². The largest absolute Gasteiger partial charge is 0.416 e. The number of nitrogens with two attached hydrogens (primary N) is 1. The van der Waals surface area contributed by atoms with Crippen LogP contribution in [-0.2, 0) is 17.3 Å². The molecule has 1 fully saturated rings. The van der Waals surface area contributed by atoms with E-state index in [4.69, 9.17) is 10.5 Å². The van der Waals surface area contributed by atoms with Gasteiger partial charge in [0.05, 0.1) is 17.8 Å². The first kappa shape index (κ1) is 14.3. The van der Waals surface area contributed by atoms with Gasteiger partial charge in [-0.2, -0.15) is 13.2 Å². The van der Waals surface area contributed by atoms with Crippen molar-refractivity contribution in [1.82, 2.24) is 0 Å². The highest BCUT2D eigenvalue weighted by atomic mass is 19.4. The first-order valence-corrected chi connectivity index (χ1v) is 6.43.